The number of nitrogens with zero attached hydrogens (tertiary/aromatic N) is 3. The molecule has 1 aromatic rings. The number of hydrogen-bond donors (Lipinski definition) is 2. The molecule has 0 saturated heterocycles. The third kappa shape index (κ3) is 1.36. The Bertz CT molecular complexity index is 219. The van der Waals surface area contributed by atoms with Crippen LogP contribution in [0.2, 0.25) is 0 Å². The van der Waals surface area contributed by atoms with Crippen LogP contribution in [0.4, 0.5) is 5.13 Å². The van der Waals surface area contributed by atoms with E-state index in [0.717, 1.165) is 11.3 Å². The minimum absolute atomic E-state index is 0.366. The first kappa shape index (κ1) is 5.96. The van der Waals surface area contributed by atoms with Gasteiger partial charge in [0.15, 0.2) is 5.01 Å². The standard InChI is InChI=1S/C3H4N4OS/c4-3-7-6-2(9-3)1-5-8/h1,8H,(H2,4,7)/b5-1-. The van der Waals surface area contributed by atoms with Crippen LogP contribution in [0.3, 0.4) is 0 Å². The monoisotopic (exact) mass is 144 g/mol. The summed E-state index contributed by atoms with van der Waals surface area (Å²) in [5, 5.41) is 18.6. The van der Waals surface area contributed by atoms with Gasteiger partial charge in [-0.3, -0.25) is 0 Å². The lowest BCUT2D eigenvalue weighted by atomic mass is 10.8. The van der Waals surface area contributed by atoms with E-state index >= 15 is 0 Å². The van der Waals surface area contributed by atoms with Crippen LogP contribution < -0.4 is 5.73 Å². The van der Waals surface area contributed by atoms with Crippen molar-refractivity contribution in [2.75, 3.05) is 5.73 Å². The van der Waals surface area contributed by atoms with E-state index in [9.17, 15) is 0 Å². The topological polar surface area (TPSA) is 84.4 Å². The second-order valence-electron chi connectivity index (χ2n) is 1.22. The summed E-state index contributed by atoms with van der Waals surface area (Å²) in [6, 6.07) is 0. The summed E-state index contributed by atoms with van der Waals surface area (Å²) >= 11 is 1.16. The number of hydrogen-bond acceptors (Lipinski definition) is 6. The largest absolute Gasteiger partial charge is 0.411 e. The molecule has 3 N–H and O–H groups in total. The summed E-state index contributed by atoms with van der Waals surface area (Å²) in [6.45, 7) is 0. The molecule has 0 spiro atoms. The Kier molecular flexibility index (Phi) is 1.59. The van der Waals surface area contributed by atoms with Gasteiger partial charge >= 0.3 is 0 Å². The van der Waals surface area contributed by atoms with Gasteiger partial charge in [-0.1, -0.05) is 16.5 Å². The van der Waals surface area contributed by atoms with Crippen molar-refractivity contribution >= 4 is 22.7 Å². The van der Waals surface area contributed by atoms with Crippen LogP contribution in [0.15, 0.2) is 5.16 Å². The van der Waals surface area contributed by atoms with Gasteiger partial charge in [-0.25, -0.2) is 0 Å². The molecular formula is C3H4N4OS. The van der Waals surface area contributed by atoms with E-state index in [1.54, 1.807) is 0 Å². The van der Waals surface area contributed by atoms with Crippen LogP contribution in [0.5, 0.6) is 0 Å². The van der Waals surface area contributed by atoms with Crippen molar-refractivity contribution in [3.63, 3.8) is 0 Å². The first-order valence-corrected chi connectivity index (χ1v) is 2.91. The van der Waals surface area contributed by atoms with Crippen LogP contribution in [0.1, 0.15) is 5.01 Å². The minimum atomic E-state index is 0.366. The molecule has 6 heteroatoms. The van der Waals surface area contributed by atoms with Gasteiger partial charge in [0.05, 0.1) is 0 Å². The lowest BCUT2D eigenvalue weighted by Crippen LogP contribution is -1.80. The van der Waals surface area contributed by atoms with E-state index < -0.39 is 0 Å². The van der Waals surface area contributed by atoms with Crippen molar-refractivity contribution in [1.29, 1.82) is 0 Å². The Hall–Kier alpha value is -1.17. The molecule has 9 heavy (non-hydrogen) atoms. The maximum atomic E-state index is 8.00. The highest BCUT2D eigenvalue weighted by Gasteiger charge is 1.94. The first-order chi connectivity index (χ1) is 4.33. The van der Waals surface area contributed by atoms with Crippen molar-refractivity contribution in [1.82, 2.24) is 10.2 Å². The lowest BCUT2D eigenvalue weighted by molar-refractivity contribution is 0.322. The Balaban J connectivity index is 2.85. The molecule has 0 aliphatic heterocycles. The SMILES string of the molecule is Nc1nnc(/C=N\O)s1. The van der Waals surface area contributed by atoms with Gasteiger partial charge in [0.25, 0.3) is 0 Å². The van der Waals surface area contributed by atoms with Crippen molar-refractivity contribution in [3.8, 4) is 0 Å². The van der Waals surface area contributed by atoms with Gasteiger partial charge in [-0.05, 0) is 0 Å². The summed E-state index contributed by atoms with van der Waals surface area (Å²) in [4.78, 5) is 0. The fourth-order valence-corrected chi connectivity index (χ4v) is 0.826. The molecule has 0 radical (unpaired) electrons. The van der Waals surface area contributed by atoms with Crippen molar-refractivity contribution in [2.45, 2.75) is 0 Å². The van der Waals surface area contributed by atoms with Gasteiger partial charge in [0.2, 0.25) is 5.13 Å². The Labute approximate surface area is 54.8 Å². The molecule has 0 amide bonds. The molecular weight excluding hydrogens is 140 g/mol. The molecule has 0 saturated carbocycles. The van der Waals surface area contributed by atoms with Crippen LogP contribution in [-0.4, -0.2) is 21.6 Å². The maximum Gasteiger partial charge on any atom is 0.203 e. The van der Waals surface area contributed by atoms with Gasteiger partial charge in [-0.2, -0.15) is 0 Å². The molecule has 0 atom stereocenters. The average Bonchev–Trinajstić information content (AvgIpc) is 2.17. The Morgan fingerprint density at radius 2 is 2.44 bits per heavy atom. The van der Waals surface area contributed by atoms with E-state index in [1.807, 2.05) is 0 Å². The van der Waals surface area contributed by atoms with Crippen LogP contribution in [0, 0.1) is 0 Å². The molecule has 0 aliphatic carbocycles. The van der Waals surface area contributed by atoms with Crippen molar-refractivity contribution in [3.05, 3.63) is 5.01 Å². The van der Waals surface area contributed by atoms with E-state index in [0.29, 0.717) is 10.1 Å². The highest BCUT2D eigenvalue weighted by Crippen LogP contribution is 2.07. The molecule has 1 heterocycles. The summed E-state index contributed by atoms with van der Waals surface area (Å²) in [7, 11) is 0. The van der Waals surface area contributed by atoms with Crippen LogP contribution in [0.25, 0.3) is 0 Å². The molecule has 0 fully saturated rings. The summed E-state index contributed by atoms with van der Waals surface area (Å²) in [5.74, 6) is 0. The smallest absolute Gasteiger partial charge is 0.203 e. The zero-order valence-corrected chi connectivity index (χ0v) is 5.17. The Morgan fingerprint density at radius 3 is 2.89 bits per heavy atom. The average molecular weight is 144 g/mol. The molecule has 5 nitrogen and oxygen atoms in total. The number of nitrogens with two attached hydrogens (primary N) is 1. The predicted molar refractivity (Wildman–Crippen MR) is 33.7 cm³/mol. The van der Waals surface area contributed by atoms with Gasteiger partial charge in [0, 0.05) is 0 Å². The van der Waals surface area contributed by atoms with Gasteiger partial charge in [-0.15, -0.1) is 10.2 Å². The normalized spacial score (nSPS) is 10.7. The summed E-state index contributed by atoms with van der Waals surface area (Å²) in [6.07, 6.45) is 1.17. The van der Waals surface area contributed by atoms with E-state index in [-0.39, 0.29) is 0 Å². The highest BCUT2D eigenvalue weighted by molar-refractivity contribution is 7.16. The van der Waals surface area contributed by atoms with Gasteiger partial charge in [0.1, 0.15) is 6.21 Å². The predicted octanol–water partition coefficient (Wildman–Crippen LogP) is -0.0716. The maximum absolute atomic E-state index is 8.00. The van der Waals surface area contributed by atoms with E-state index in [4.69, 9.17) is 10.9 Å². The lowest BCUT2D eigenvalue weighted by Gasteiger charge is -1.71. The molecule has 1 rings (SSSR count). The van der Waals surface area contributed by atoms with Gasteiger partial charge < -0.3 is 10.9 Å². The van der Waals surface area contributed by atoms with Crippen molar-refractivity contribution < 1.29 is 5.21 Å². The fraction of sp³-hybridized carbons (Fsp3) is 0. The van der Waals surface area contributed by atoms with E-state index in [1.165, 1.54) is 6.21 Å². The molecule has 1 aromatic heterocycles. The van der Waals surface area contributed by atoms with E-state index in [2.05, 4.69) is 15.4 Å². The van der Waals surface area contributed by atoms with Crippen LogP contribution in [-0.2, 0) is 0 Å². The summed E-state index contributed by atoms with van der Waals surface area (Å²) < 4.78 is 0. The highest BCUT2D eigenvalue weighted by atomic mass is 32.1. The number of anilines is 1. The number of oxime groups is 1. The number of aromatic nitrogens is 2. The van der Waals surface area contributed by atoms with Crippen molar-refractivity contribution in [2.24, 2.45) is 5.16 Å². The molecule has 0 aromatic carbocycles. The quantitative estimate of drug-likeness (QED) is 0.328. The second kappa shape index (κ2) is 2.40. The minimum Gasteiger partial charge on any atom is -0.411 e. The fourth-order valence-electron chi connectivity index (χ4n) is 0.348. The third-order valence-electron chi connectivity index (χ3n) is 0.624. The zero-order chi connectivity index (χ0) is 6.69. The molecule has 48 valence electrons. The molecule has 0 bridgehead atoms. The third-order valence-corrected chi connectivity index (χ3v) is 1.31. The molecule has 0 aliphatic rings. The summed E-state index contributed by atoms with van der Waals surface area (Å²) in [5.41, 5.74) is 5.21. The Morgan fingerprint density at radius 1 is 1.67 bits per heavy atom. The first-order valence-electron chi connectivity index (χ1n) is 2.09. The second-order valence-corrected chi connectivity index (χ2v) is 2.26. The molecule has 0 unspecified atom stereocenters. The number of nitrogen functional groups attached to an aromatic ring is 1. The zero-order valence-electron chi connectivity index (χ0n) is 4.35. The number of rotatable bonds is 1. The van der Waals surface area contributed by atoms with Crippen LogP contribution >= 0.6 is 11.3 Å².